The van der Waals surface area contributed by atoms with E-state index in [1.807, 2.05) is 6.07 Å². The highest BCUT2D eigenvalue weighted by Crippen LogP contribution is 2.22. The zero-order chi connectivity index (χ0) is 13.0. The molecular formula is C13H13ClFN3. The summed E-state index contributed by atoms with van der Waals surface area (Å²) in [5.41, 5.74) is 1.22. The molecule has 0 spiro atoms. The molecule has 5 heteroatoms. The molecule has 1 heterocycles. The SMILES string of the molecule is CCCNc1ccc(-c2cc(F)cc(Cl)c2)nn1. The molecule has 0 unspecified atom stereocenters. The third kappa shape index (κ3) is 3.17. The Labute approximate surface area is 110 Å². The number of halogens is 2. The van der Waals surface area contributed by atoms with Gasteiger partial charge in [0.05, 0.1) is 5.69 Å². The van der Waals surface area contributed by atoms with Crippen molar-refractivity contribution in [2.45, 2.75) is 13.3 Å². The predicted octanol–water partition coefficient (Wildman–Crippen LogP) is 3.76. The van der Waals surface area contributed by atoms with Crippen LogP contribution in [0.5, 0.6) is 0 Å². The van der Waals surface area contributed by atoms with Crippen LogP contribution in [0.1, 0.15) is 13.3 Å². The van der Waals surface area contributed by atoms with E-state index >= 15 is 0 Å². The third-order valence-electron chi connectivity index (χ3n) is 2.38. The fraction of sp³-hybridized carbons (Fsp3) is 0.231. The Kier molecular flexibility index (Phi) is 4.10. The van der Waals surface area contributed by atoms with E-state index in [1.165, 1.54) is 12.1 Å². The number of anilines is 1. The molecule has 0 amide bonds. The highest BCUT2D eigenvalue weighted by molar-refractivity contribution is 6.30. The standard InChI is InChI=1S/C13H13ClFN3/c1-2-5-16-13-4-3-12(17-18-13)9-6-10(14)8-11(15)7-9/h3-4,6-8H,2,5H2,1H3,(H,16,18). The lowest BCUT2D eigenvalue weighted by Crippen LogP contribution is -2.02. The second-order valence-electron chi connectivity index (χ2n) is 3.89. The van der Waals surface area contributed by atoms with Crippen LogP contribution >= 0.6 is 11.6 Å². The molecule has 0 aliphatic heterocycles. The fourth-order valence-corrected chi connectivity index (χ4v) is 1.76. The molecule has 1 aromatic carbocycles. The summed E-state index contributed by atoms with van der Waals surface area (Å²) in [6.45, 7) is 2.92. The van der Waals surface area contributed by atoms with Gasteiger partial charge in [0.15, 0.2) is 0 Å². The third-order valence-corrected chi connectivity index (χ3v) is 2.60. The smallest absolute Gasteiger partial charge is 0.148 e. The van der Waals surface area contributed by atoms with Gasteiger partial charge < -0.3 is 5.32 Å². The molecule has 0 aliphatic carbocycles. The number of hydrogen-bond donors (Lipinski definition) is 1. The minimum Gasteiger partial charge on any atom is -0.369 e. The normalized spacial score (nSPS) is 10.4. The number of nitrogens with zero attached hydrogens (tertiary/aromatic N) is 2. The molecule has 0 aliphatic rings. The van der Waals surface area contributed by atoms with Crippen LogP contribution in [0.2, 0.25) is 5.02 Å². The lowest BCUT2D eigenvalue weighted by atomic mass is 10.1. The lowest BCUT2D eigenvalue weighted by Gasteiger charge is -2.04. The molecule has 1 aromatic heterocycles. The largest absolute Gasteiger partial charge is 0.369 e. The van der Waals surface area contributed by atoms with Crippen LogP contribution in [0.25, 0.3) is 11.3 Å². The molecule has 0 fully saturated rings. The van der Waals surface area contributed by atoms with E-state index < -0.39 is 0 Å². The minimum atomic E-state index is -0.382. The first-order valence-corrected chi connectivity index (χ1v) is 6.11. The van der Waals surface area contributed by atoms with Crippen molar-refractivity contribution < 1.29 is 4.39 Å². The van der Waals surface area contributed by atoms with Crippen LogP contribution in [0, 0.1) is 5.82 Å². The monoisotopic (exact) mass is 265 g/mol. The molecule has 18 heavy (non-hydrogen) atoms. The molecule has 0 bridgehead atoms. The van der Waals surface area contributed by atoms with Crippen LogP contribution in [0.4, 0.5) is 10.2 Å². The van der Waals surface area contributed by atoms with E-state index in [0.717, 1.165) is 13.0 Å². The van der Waals surface area contributed by atoms with Gasteiger partial charge in [0.1, 0.15) is 11.6 Å². The summed E-state index contributed by atoms with van der Waals surface area (Å²) in [4.78, 5) is 0. The van der Waals surface area contributed by atoms with E-state index in [9.17, 15) is 4.39 Å². The molecule has 0 radical (unpaired) electrons. The van der Waals surface area contributed by atoms with Gasteiger partial charge in [-0.25, -0.2) is 4.39 Å². The van der Waals surface area contributed by atoms with Crippen molar-refractivity contribution in [3.63, 3.8) is 0 Å². The Morgan fingerprint density at radius 2 is 2.06 bits per heavy atom. The van der Waals surface area contributed by atoms with Gasteiger partial charge in [0.25, 0.3) is 0 Å². The zero-order valence-corrected chi connectivity index (χ0v) is 10.7. The molecule has 2 rings (SSSR count). The van der Waals surface area contributed by atoms with Crippen molar-refractivity contribution in [1.29, 1.82) is 0 Å². The van der Waals surface area contributed by atoms with Crippen molar-refractivity contribution >= 4 is 17.4 Å². The first-order valence-electron chi connectivity index (χ1n) is 5.73. The maximum Gasteiger partial charge on any atom is 0.148 e. The van der Waals surface area contributed by atoms with Crippen molar-refractivity contribution in [2.24, 2.45) is 0 Å². The van der Waals surface area contributed by atoms with Gasteiger partial charge in [-0.15, -0.1) is 10.2 Å². The van der Waals surface area contributed by atoms with Gasteiger partial charge in [-0.2, -0.15) is 0 Å². The lowest BCUT2D eigenvalue weighted by molar-refractivity contribution is 0.628. The number of aromatic nitrogens is 2. The molecule has 3 nitrogen and oxygen atoms in total. The Bertz CT molecular complexity index is 508. The summed E-state index contributed by atoms with van der Waals surface area (Å²) in [5, 5.41) is 11.5. The maximum atomic E-state index is 13.2. The van der Waals surface area contributed by atoms with Gasteiger partial charge in [-0.05, 0) is 36.8 Å². The average molecular weight is 266 g/mol. The van der Waals surface area contributed by atoms with Crippen LogP contribution in [-0.4, -0.2) is 16.7 Å². The quantitative estimate of drug-likeness (QED) is 0.915. The summed E-state index contributed by atoms with van der Waals surface area (Å²) < 4.78 is 13.2. The summed E-state index contributed by atoms with van der Waals surface area (Å²) in [6, 6.07) is 7.91. The first-order chi connectivity index (χ1) is 8.69. The van der Waals surface area contributed by atoms with Crippen LogP contribution in [0.3, 0.4) is 0 Å². The molecule has 2 aromatic rings. The van der Waals surface area contributed by atoms with Gasteiger partial charge in [-0.1, -0.05) is 18.5 Å². The van der Waals surface area contributed by atoms with Crippen LogP contribution in [0.15, 0.2) is 30.3 Å². The number of rotatable bonds is 4. The van der Waals surface area contributed by atoms with Gasteiger partial charge >= 0.3 is 0 Å². The van der Waals surface area contributed by atoms with Crippen molar-refractivity contribution in [3.8, 4) is 11.3 Å². The Balaban J connectivity index is 2.23. The topological polar surface area (TPSA) is 37.8 Å². The van der Waals surface area contributed by atoms with E-state index in [1.54, 1.807) is 12.1 Å². The first kappa shape index (κ1) is 12.8. The summed E-state index contributed by atoms with van der Waals surface area (Å²) in [6.07, 6.45) is 1.02. The van der Waals surface area contributed by atoms with Crippen LogP contribution in [-0.2, 0) is 0 Å². The summed E-state index contributed by atoms with van der Waals surface area (Å²) >= 11 is 5.80. The molecule has 1 N–H and O–H groups in total. The Morgan fingerprint density at radius 3 is 2.67 bits per heavy atom. The Hall–Kier alpha value is -1.68. The predicted molar refractivity (Wildman–Crippen MR) is 71.2 cm³/mol. The van der Waals surface area contributed by atoms with Gasteiger partial charge in [0.2, 0.25) is 0 Å². The van der Waals surface area contributed by atoms with Crippen LogP contribution < -0.4 is 5.32 Å². The molecule has 0 saturated carbocycles. The van der Waals surface area contributed by atoms with Crippen molar-refractivity contribution in [2.75, 3.05) is 11.9 Å². The van der Waals surface area contributed by atoms with Gasteiger partial charge in [-0.3, -0.25) is 0 Å². The number of nitrogens with one attached hydrogen (secondary N) is 1. The maximum absolute atomic E-state index is 13.2. The van der Waals surface area contributed by atoms with E-state index in [4.69, 9.17) is 11.6 Å². The van der Waals surface area contributed by atoms with Gasteiger partial charge in [0, 0.05) is 17.1 Å². The minimum absolute atomic E-state index is 0.347. The molecule has 0 atom stereocenters. The number of benzene rings is 1. The van der Waals surface area contributed by atoms with E-state index in [-0.39, 0.29) is 5.82 Å². The molecule has 0 saturated heterocycles. The molecular weight excluding hydrogens is 253 g/mol. The zero-order valence-electron chi connectivity index (χ0n) is 9.95. The average Bonchev–Trinajstić information content (AvgIpc) is 2.36. The Morgan fingerprint density at radius 1 is 1.22 bits per heavy atom. The van der Waals surface area contributed by atoms with Crippen molar-refractivity contribution in [3.05, 3.63) is 41.2 Å². The van der Waals surface area contributed by atoms with Crippen molar-refractivity contribution in [1.82, 2.24) is 10.2 Å². The van der Waals surface area contributed by atoms with E-state index in [2.05, 4.69) is 22.4 Å². The fourth-order valence-electron chi connectivity index (χ4n) is 1.54. The second-order valence-corrected chi connectivity index (χ2v) is 4.33. The molecule has 94 valence electrons. The van der Waals surface area contributed by atoms with E-state index in [0.29, 0.717) is 22.1 Å². The highest BCUT2D eigenvalue weighted by atomic mass is 35.5. The second kappa shape index (κ2) is 5.78. The highest BCUT2D eigenvalue weighted by Gasteiger charge is 2.04. The summed E-state index contributed by atoms with van der Waals surface area (Å²) in [5.74, 6) is 0.329. The summed E-state index contributed by atoms with van der Waals surface area (Å²) in [7, 11) is 0. The number of hydrogen-bond acceptors (Lipinski definition) is 3.